The van der Waals surface area contributed by atoms with Gasteiger partial charge in [0.05, 0.1) is 10.9 Å². The van der Waals surface area contributed by atoms with Crippen LogP contribution in [0.5, 0.6) is 0 Å². The van der Waals surface area contributed by atoms with Crippen LogP contribution in [0.1, 0.15) is 22.7 Å². The topological polar surface area (TPSA) is 59.1 Å². The maximum absolute atomic E-state index is 13.1. The average Bonchev–Trinajstić information content (AvgIpc) is 2.74. The summed E-state index contributed by atoms with van der Waals surface area (Å²) in [6.45, 7) is 1.94. The molecule has 3 aromatic carbocycles. The number of hydrogen-bond donors (Lipinski definition) is 1. The molecule has 0 saturated heterocycles. The second-order valence-electron chi connectivity index (χ2n) is 7.11. The Bertz CT molecular complexity index is 1220. The average molecular weight is 403 g/mol. The smallest absolute Gasteiger partial charge is 0.241 e. The monoisotopic (exact) mass is 402 g/mol. The van der Waals surface area contributed by atoms with Crippen LogP contribution in [0.15, 0.2) is 96.2 Å². The lowest BCUT2D eigenvalue weighted by molar-refractivity contribution is 0.556. The summed E-state index contributed by atoms with van der Waals surface area (Å²) in [6.07, 6.45) is 3.98. The van der Waals surface area contributed by atoms with Gasteiger partial charge in [0.1, 0.15) is 0 Å². The minimum Gasteiger partial charge on any atom is -0.265 e. The normalized spacial score (nSPS) is 12.7. The van der Waals surface area contributed by atoms with Crippen LogP contribution in [-0.2, 0) is 16.4 Å². The van der Waals surface area contributed by atoms with Gasteiger partial charge in [0, 0.05) is 12.4 Å². The second-order valence-corrected chi connectivity index (χ2v) is 8.83. The van der Waals surface area contributed by atoms with Gasteiger partial charge >= 0.3 is 0 Å². The quantitative estimate of drug-likeness (QED) is 0.504. The zero-order valence-electron chi connectivity index (χ0n) is 16.1. The van der Waals surface area contributed by atoms with Gasteiger partial charge < -0.3 is 0 Å². The molecule has 1 heterocycles. The Labute approximate surface area is 171 Å². The highest BCUT2D eigenvalue weighted by atomic mass is 32.2. The zero-order chi connectivity index (χ0) is 20.3. The van der Waals surface area contributed by atoms with Crippen molar-refractivity contribution in [3.05, 3.63) is 108 Å². The van der Waals surface area contributed by atoms with Crippen LogP contribution >= 0.6 is 0 Å². The molecule has 0 aliphatic carbocycles. The fourth-order valence-corrected chi connectivity index (χ4v) is 4.71. The number of sulfonamides is 1. The number of rotatable bonds is 6. The molecule has 0 saturated carbocycles. The van der Waals surface area contributed by atoms with E-state index in [0.717, 1.165) is 27.5 Å². The third-order valence-corrected chi connectivity index (χ3v) is 6.50. The molecule has 0 amide bonds. The van der Waals surface area contributed by atoms with E-state index in [-0.39, 0.29) is 4.90 Å². The maximum Gasteiger partial charge on any atom is 0.241 e. The van der Waals surface area contributed by atoms with Crippen LogP contribution in [0.2, 0.25) is 0 Å². The molecular weight excluding hydrogens is 380 g/mol. The van der Waals surface area contributed by atoms with Gasteiger partial charge in [-0.05, 0) is 59.5 Å². The van der Waals surface area contributed by atoms with E-state index >= 15 is 0 Å². The van der Waals surface area contributed by atoms with Gasteiger partial charge in [0.15, 0.2) is 0 Å². The second kappa shape index (κ2) is 8.15. The highest BCUT2D eigenvalue weighted by Gasteiger charge is 2.23. The summed E-state index contributed by atoms with van der Waals surface area (Å²) in [5.74, 6) is 0. The summed E-state index contributed by atoms with van der Waals surface area (Å²) < 4.78 is 29.2. The fourth-order valence-electron chi connectivity index (χ4n) is 3.50. The molecule has 1 atom stereocenters. The van der Waals surface area contributed by atoms with E-state index in [1.807, 2.05) is 73.7 Å². The number of aromatic nitrogens is 1. The Morgan fingerprint density at radius 2 is 1.55 bits per heavy atom. The number of fused-ring (bicyclic) bond motifs is 1. The van der Waals surface area contributed by atoms with Gasteiger partial charge in [-0.1, -0.05) is 60.2 Å². The number of pyridine rings is 1. The molecule has 29 heavy (non-hydrogen) atoms. The first-order chi connectivity index (χ1) is 14.0. The van der Waals surface area contributed by atoms with Crippen molar-refractivity contribution in [2.24, 2.45) is 0 Å². The van der Waals surface area contributed by atoms with Crippen molar-refractivity contribution >= 4 is 20.8 Å². The number of nitrogens with zero attached hydrogens (tertiary/aromatic N) is 1. The van der Waals surface area contributed by atoms with Gasteiger partial charge in [-0.3, -0.25) is 4.98 Å². The van der Waals surface area contributed by atoms with E-state index in [1.165, 1.54) is 0 Å². The molecule has 1 N–H and O–H groups in total. The van der Waals surface area contributed by atoms with Crippen LogP contribution < -0.4 is 4.72 Å². The van der Waals surface area contributed by atoms with Gasteiger partial charge in [-0.2, -0.15) is 0 Å². The number of nitrogens with one attached hydrogen (secondary N) is 1. The van der Waals surface area contributed by atoms with Crippen molar-refractivity contribution in [1.29, 1.82) is 0 Å². The number of aryl methyl sites for hydroxylation is 1. The van der Waals surface area contributed by atoms with Crippen molar-refractivity contribution in [3.63, 3.8) is 0 Å². The van der Waals surface area contributed by atoms with Crippen LogP contribution in [-0.4, -0.2) is 13.4 Å². The van der Waals surface area contributed by atoms with Crippen LogP contribution in [0.3, 0.4) is 0 Å². The fraction of sp³-hybridized carbons (Fsp3) is 0.125. The van der Waals surface area contributed by atoms with E-state index in [2.05, 4.69) is 9.71 Å². The molecule has 1 aromatic heterocycles. The molecule has 4 nitrogen and oxygen atoms in total. The summed E-state index contributed by atoms with van der Waals surface area (Å²) in [6, 6.07) is 24.4. The number of hydrogen-bond acceptors (Lipinski definition) is 3. The Morgan fingerprint density at radius 1 is 0.862 bits per heavy atom. The Morgan fingerprint density at radius 3 is 2.31 bits per heavy atom. The molecule has 146 valence electrons. The van der Waals surface area contributed by atoms with E-state index in [1.54, 1.807) is 24.5 Å². The van der Waals surface area contributed by atoms with Crippen LogP contribution in [0.25, 0.3) is 10.8 Å². The molecule has 0 bridgehead atoms. The first-order valence-electron chi connectivity index (χ1n) is 9.48. The predicted octanol–water partition coefficient (Wildman–Crippen LogP) is 4.81. The minimum absolute atomic E-state index is 0.267. The number of benzene rings is 3. The highest BCUT2D eigenvalue weighted by molar-refractivity contribution is 7.89. The van der Waals surface area contributed by atoms with Crippen molar-refractivity contribution in [3.8, 4) is 0 Å². The molecule has 0 fully saturated rings. The van der Waals surface area contributed by atoms with E-state index < -0.39 is 16.1 Å². The molecule has 0 radical (unpaired) electrons. The minimum atomic E-state index is -3.68. The van der Waals surface area contributed by atoms with Crippen molar-refractivity contribution < 1.29 is 8.42 Å². The van der Waals surface area contributed by atoms with Crippen molar-refractivity contribution in [2.45, 2.75) is 24.3 Å². The van der Waals surface area contributed by atoms with Crippen LogP contribution in [0.4, 0.5) is 0 Å². The Hall–Kier alpha value is -3.02. The summed E-state index contributed by atoms with van der Waals surface area (Å²) in [7, 11) is -3.68. The largest absolute Gasteiger partial charge is 0.265 e. The highest BCUT2D eigenvalue weighted by Crippen LogP contribution is 2.28. The Kier molecular flexibility index (Phi) is 5.43. The molecule has 0 aliphatic heterocycles. The lowest BCUT2D eigenvalue weighted by atomic mass is 9.95. The van der Waals surface area contributed by atoms with Crippen molar-refractivity contribution in [1.82, 2.24) is 9.71 Å². The van der Waals surface area contributed by atoms with Gasteiger partial charge in [-0.25, -0.2) is 13.1 Å². The van der Waals surface area contributed by atoms with Crippen LogP contribution in [0, 0.1) is 6.92 Å². The maximum atomic E-state index is 13.1. The van der Waals surface area contributed by atoms with Gasteiger partial charge in [0.25, 0.3) is 0 Å². The molecular formula is C24H22N2O2S. The van der Waals surface area contributed by atoms with E-state index in [4.69, 9.17) is 0 Å². The lowest BCUT2D eigenvalue weighted by Gasteiger charge is -2.21. The molecule has 0 aliphatic rings. The predicted molar refractivity (Wildman–Crippen MR) is 116 cm³/mol. The zero-order valence-corrected chi connectivity index (χ0v) is 16.9. The lowest BCUT2D eigenvalue weighted by Crippen LogP contribution is -2.30. The van der Waals surface area contributed by atoms with E-state index in [0.29, 0.717) is 6.42 Å². The summed E-state index contributed by atoms with van der Waals surface area (Å²) in [4.78, 5) is 4.33. The van der Waals surface area contributed by atoms with Gasteiger partial charge in [0.2, 0.25) is 10.0 Å². The summed E-state index contributed by atoms with van der Waals surface area (Å²) >= 11 is 0. The molecule has 4 rings (SSSR count). The first-order valence-corrected chi connectivity index (χ1v) is 11.0. The standard InChI is InChI=1S/C24H22N2O2S/c1-18-9-11-21(12-10-18)29(27,28)26-24(17-19-13-15-25-16-14-19)23-8-4-6-20-5-2-3-7-22(20)23/h2-16,24,26H,17H2,1H3. The first kappa shape index (κ1) is 19.3. The Balaban J connectivity index is 1.77. The van der Waals surface area contributed by atoms with Crippen molar-refractivity contribution in [2.75, 3.05) is 0 Å². The SMILES string of the molecule is Cc1ccc(S(=O)(=O)NC(Cc2ccncc2)c2cccc3ccccc23)cc1. The molecule has 1 unspecified atom stereocenters. The third-order valence-electron chi connectivity index (χ3n) is 5.02. The summed E-state index contributed by atoms with van der Waals surface area (Å²) in [5.41, 5.74) is 2.99. The summed E-state index contributed by atoms with van der Waals surface area (Å²) in [5, 5.41) is 2.12. The molecule has 4 aromatic rings. The molecule has 0 spiro atoms. The van der Waals surface area contributed by atoms with E-state index in [9.17, 15) is 8.42 Å². The third kappa shape index (κ3) is 4.36. The van der Waals surface area contributed by atoms with Gasteiger partial charge in [-0.15, -0.1) is 0 Å². The molecule has 5 heteroatoms.